The van der Waals surface area contributed by atoms with Crippen molar-refractivity contribution in [3.8, 4) is 0 Å². The van der Waals surface area contributed by atoms with Gasteiger partial charge >= 0.3 is 5.97 Å². The molecular formula is C19H32O2. The Morgan fingerprint density at radius 1 is 0.952 bits per heavy atom. The summed E-state index contributed by atoms with van der Waals surface area (Å²) in [6.07, 6.45) is 18.1. The van der Waals surface area contributed by atoms with Crippen molar-refractivity contribution in [2.24, 2.45) is 23.7 Å². The molecule has 1 N–H and O–H groups in total. The number of hydrogen-bond donors (Lipinski definition) is 1. The molecule has 2 rings (SSSR count). The first-order valence-corrected chi connectivity index (χ1v) is 9.02. The van der Waals surface area contributed by atoms with E-state index in [0.29, 0.717) is 5.92 Å². The standard InChI is InChI=1S/C19H32O2/c1-15-5-7-17(8-6-15)13-14-18-11-9-16(10-12-18)3-2-4-19(20)21/h2-3,15-18H,4-14H2,1H3,(H,20,21). The van der Waals surface area contributed by atoms with E-state index in [0.717, 1.165) is 17.8 Å². The molecule has 0 radical (unpaired) electrons. The van der Waals surface area contributed by atoms with Crippen LogP contribution in [-0.2, 0) is 4.79 Å². The Labute approximate surface area is 130 Å². The maximum absolute atomic E-state index is 10.5. The average Bonchev–Trinajstić information content (AvgIpc) is 2.48. The molecule has 0 bridgehead atoms. The highest BCUT2D eigenvalue weighted by Crippen LogP contribution is 2.36. The lowest BCUT2D eigenvalue weighted by Crippen LogP contribution is -2.16. The average molecular weight is 292 g/mol. The van der Waals surface area contributed by atoms with Crippen LogP contribution in [0.3, 0.4) is 0 Å². The highest BCUT2D eigenvalue weighted by Gasteiger charge is 2.22. The van der Waals surface area contributed by atoms with Gasteiger partial charge in [0.05, 0.1) is 6.42 Å². The first-order valence-electron chi connectivity index (χ1n) is 9.02. The van der Waals surface area contributed by atoms with E-state index in [1.807, 2.05) is 6.08 Å². The minimum Gasteiger partial charge on any atom is -0.481 e. The summed E-state index contributed by atoms with van der Waals surface area (Å²) in [4.78, 5) is 10.5. The van der Waals surface area contributed by atoms with Gasteiger partial charge in [-0.2, -0.15) is 0 Å². The fourth-order valence-corrected chi connectivity index (χ4v) is 4.12. The smallest absolute Gasteiger partial charge is 0.307 e. The van der Waals surface area contributed by atoms with E-state index in [4.69, 9.17) is 5.11 Å². The maximum atomic E-state index is 10.5. The summed E-state index contributed by atoms with van der Waals surface area (Å²) in [7, 11) is 0. The Bertz CT molecular complexity index is 331. The van der Waals surface area contributed by atoms with Gasteiger partial charge in [0.25, 0.3) is 0 Å². The topological polar surface area (TPSA) is 37.3 Å². The zero-order valence-electron chi connectivity index (χ0n) is 13.6. The van der Waals surface area contributed by atoms with Crippen molar-refractivity contribution in [3.63, 3.8) is 0 Å². The molecule has 2 saturated carbocycles. The van der Waals surface area contributed by atoms with E-state index >= 15 is 0 Å². The fraction of sp³-hybridized carbons (Fsp3) is 0.842. The molecule has 0 spiro atoms. The van der Waals surface area contributed by atoms with Crippen LogP contribution in [0.4, 0.5) is 0 Å². The molecule has 2 aliphatic rings. The molecule has 0 aromatic carbocycles. The van der Waals surface area contributed by atoms with Gasteiger partial charge in [-0.1, -0.05) is 57.6 Å². The van der Waals surface area contributed by atoms with Gasteiger partial charge < -0.3 is 5.11 Å². The number of carboxylic acid groups (broad SMARTS) is 1. The van der Waals surface area contributed by atoms with Crippen molar-refractivity contribution in [1.82, 2.24) is 0 Å². The molecule has 0 aliphatic heterocycles. The third-order valence-electron chi connectivity index (χ3n) is 5.71. The van der Waals surface area contributed by atoms with Crippen molar-refractivity contribution < 1.29 is 9.90 Å². The highest BCUT2D eigenvalue weighted by molar-refractivity contribution is 5.68. The lowest BCUT2D eigenvalue weighted by atomic mass is 9.76. The van der Waals surface area contributed by atoms with Crippen LogP contribution in [0.15, 0.2) is 12.2 Å². The maximum Gasteiger partial charge on any atom is 0.307 e. The summed E-state index contributed by atoms with van der Waals surface area (Å²) in [5, 5.41) is 8.64. The minimum atomic E-state index is -0.721. The fourth-order valence-electron chi connectivity index (χ4n) is 4.12. The van der Waals surface area contributed by atoms with Crippen LogP contribution in [-0.4, -0.2) is 11.1 Å². The number of aliphatic carboxylic acids is 1. The molecule has 2 heteroatoms. The van der Waals surface area contributed by atoms with Crippen LogP contribution in [0.5, 0.6) is 0 Å². The van der Waals surface area contributed by atoms with Crippen LogP contribution in [0.25, 0.3) is 0 Å². The van der Waals surface area contributed by atoms with Crippen molar-refractivity contribution in [3.05, 3.63) is 12.2 Å². The minimum absolute atomic E-state index is 0.181. The second-order valence-electron chi connectivity index (χ2n) is 7.51. The molecular weight excluding hydrogens is 260 g/mol. The summed E-state index contributed by atoms with van der Waals surface area (Å²) >= 11 is 0. The van der Waals surface area contributed by atoms with E-state index in [1.54, 1.807) is 0 Å². The number of carboxylic acids is 1. The summed E-state index contributed by atoms with van der Waals surface area (Å²) in [5.74, 6) is 2.83. The molecule has 0 atom stereocenters. The molecule has 0 unspecified atom stereocenters. The van der Waals surface area contributed by atoms with Gasteiger partial charge in [-0.3, -0.25) is 4.79 Å². The Morgan fingerprint density at radius 2 is 1.48 bits per heavy atom. The number of carbonyl (C=O) groups is 1. The third kappa shape index (κ3) is 6.23. The normalized spacial score (nSPS) is 34.1. The second kappa shape index (κ2) is 8.60. The van der Waals surface area contributed by atoms with Crippen molar-refractivity contribution in [2.75, 3.05) is 0 Å². The largest absolute Gasteiger partial charge is 0.481 e. The van der Waals surface area contributed by atoms with Crippen molar-refractivity contribution in [1.29, 1.82) is 0 Å². The Balaban J connectivity index is 1.58. The molecule has 0 aromatic heterocycles. The lowest BCUT2D eigenvalue weighted by molar-refractivity contribution is -0.136. The molecule has 2 fully saturated rings. The molecule has 0 heterocycles. The number of hydrogen-bond acceptors (Lipinski definition) is 1. The predicted molar refractivity (Wildman–Crippen MR) is 87.2 cm³/mol. The Morgan fingerprint density at radius 3 is 2.00 bits per heavy atom. The SMILES string of the molecule is CC1CCC(CCC2CCC(C=CCC(=O)O)CC2)CC1. The van der Waals surface area contributed by atoms with Crippen molar-refractivity contribution >= 4 is 5.97 Å². The molecule has 21 heavy (non-hydrogen) atoms. The van der Waals surface area contributed by atoms with E-state index in [1.165, 1.54) is 64.2 Å². The van der Waals surface area contributed by atoms with E-state index < -0.39 is 5.97 Å². The second-order valence-corrected chi connectivity index (χ2v) is 7.51. The summed E-state index contributed by atoms with van der Waals surface area (Å²) in [5.41, 5.74) is 0. The quantitative estimate of drug-likeness (QED) is 0.663. The zero-order chi connectivity index (χ0) is 15.1. The molecule has 2 aliphatic carbocycles. The van der Waals surface area contributed by atoms with Crippen LogP contribution < -0.4 is 0 Å². The molecule has 0 amide bonds. The Kier molecular flexibility index (Phi) is 6.79. The van der Waals surface area contributed by atoms with Crippen LogP contribution in [0, 0.1) is 23.7 Å². The predicted octanol–water partition coefficient (Wildman–Crippen LogP) is 5.43. The Hall–Kier alpha value is -0.790. The van der Waals surface area contributed by atoms with Gasteiger partial charge in [0, 0.05) is 0 Å². The highest BCUT2D eigenvalue weighted by atomic mass is 16.4. The van der Waals surface area contributed by atoms with Crippen LogP contribution >= 0.6 is 0 Å². The van der Waals surface area contributed by atoms with Gasteiger partial charge in [0.15, 0.2) is 0 Å². The summed E-state index contributed by atoms with van der Waals surface area (Å²) in [6.45, 7) is 2.40. The monoisotopic (exact) mass is 292 g/mol. The zero-order valence-corrected chi connectivity index (χ0v) is 13.6. The van der Waals surface area contributed by atoms with Gasteiger partial charge in [-0.15, -0.1) is 0 Å². The van der Waals surface area contributed by atoms with Gasteiger partial charge in [-0.25, -0.2) is 0 Å². The van der Waals surface area contributed by atoms with Crippen molar-refractivity contribution in [2.45, 2.75) is 77.6 Å². The van der Waals surface area contributed by atoms with E-state index in [2.05, 4.69) is 13.0 Å². The molecule has 0 saturated heterocycles. The molecule has 120 valence electrons. The molecule has 0 aromatic rings. The lowest BCUT2D eigenvalue weighted by Gasteiger charge is -2.30. The molecule has 2 nitrogen and oxygen atoms in total. The summed E-state index contributed by atoms with van der Waals surface area (Å²) in [6, 6.07) is 0. The first-order chi connectivity index (χ1) is 10.1. The number of rotatable bonds is 6. The summed E-state index contributed by atoms with van der Waals surface area (Å²) < 4.78 is 0. The van der Waals surface area contributed by atoms with Crippen LogP contribution in [0.2, 0.25) is 0 Å². The van der Waals surface area contributed by atoms with E-state index in [9.17, 15) is 4.79 Å². The van der Waals surface area contributed by atoms with Gasteiger partial charge in [0.1, 0.15) is 0 Å². The van der Waals surface area contributed by atoms with Gasteiger partial charge in [0.2, 0.25) is 0 Å². The third-order valence-corrected chi connectivity index (χ3v) is 5.71. The van der Waals surface area contributed by atoms with Gasteiger partial charge in [-0.05, 0) is 49.4 Å². The van der Waals surface area contributed by atoms with E-state index in [-0.39, 0.29) is 6.42 Å². The van der Waals surface area contributed by atoms with Crippen LogP contribution in [0.1, 0.15) is 77.6 Å². The number of allylic oxidation sites excluding steroid dienone is 1. The first kappa shape index (κ1) is 16.6.